The molecule has 0 unspecified atom stereocenters. The summed E-state index contributed by atoms with van der Waals surface area (Å²) >= 11 is 0. The summed E-state index contributed by atoms with van der Waals surface area (Å²) in [5, 5.41) is 16.2. The van der Waals surface area contributed by atoms with Gasteiger partial charge in [0, 0.05) is 27.3 Å². The Morgan fingerprint density at radius 2 is 0.490 bits per heavy atom. The van der Waals surface area contributed by atoms with Gasteiger partial charge in [0.05, 0.1) is 0 Å². The molecule has 0 aliphatic carbocycles. The third-order valence-electron chi connectivity index (χ3n) is 8.14. The molecule has 0 saturated heterocycles. The van der Waals surface area contributed by atoms with Crippen molar-refractivity contribution in [3.05, 3.63) is 179 Å². The van der Waals surface area contributed by atoms with Crippen LogP contribution in [0.3, 0.4) is 0 Å². The van der Waals surface area contributed by atoms with Crippen LogP contribution < -0.4 is 31.8 Å². The van der Waals surface area contributed by atoms with Crippen LogP contribution >= 0.6 is 15.8 Å². The van der Waals surface area contributed by atoms with Crippen molar-refractivity contribution in [2.45, 2.75) is 48.5 Å². The van der Waals surface area contributed by atoms with Crippen LogP contribution in [0.25, 0.3) is 0 Å². The van der Waals surface area contributed by atoms with E-state index in [-0.39, 0.29) is 20.4 Å². The van der Waals surface area contributed by atoms with Crippen LogP contribution in [-0.2, 0) is 25.2 Å². The first-order valence-corrected chi connectivity index (χ1v) is 18.9. The van der Waals surface area contributed by atoms with Crippen molar-refractivity contribution in [3.8, 4) is 0 Å². The third kappa shape index (κ3) is 10.6. The zero-order valence-electron chi connectivity index (χ0n) is 29.4. The molecule has 5 heteroatoms. The topological polar surface area (TPSA) is 37.3 Å². The summed E-state index contributed by atoms with van der Waals surface area (Å²) < 4.78 is 0. The SMILES string of the molecule is CC(=O)O.Cc1ccccc1P(c1ccccc1C)c1ccccc1C.Cc1ccccc1P(c1ccccc1C)c1ccccc1C.[Pd]. The molecule has 6 aromatic carbocycles. The van der Waals surface area contributed by atoms with E-state index in [1.54, 1.807) is 0 Å². The Morgan fingerprint density at radius 1 is 0.367 bits per heavy atom. The van der Waals surface area contributed by atoms with Crippen molar-refractivity contribution in [3.63, 3.8) is 0 Å². The number of benzene rings is 6. The van der Waals surface area contributed by atoms with E-state index in [0.29, 0.717) is 0 Å². The van der Waals surface area contributed by atoms with Gasteiger partial charge in [-0.1, -0.05) is 146 Å². The average molecular weight is 775 g/mol. The molecule has 254 valence electrons. The fourth-order valence-electron chi connectivity index (χ4n) is 5.66. The maximum Gasteiger partial charge on any atom is 0.300 e. The Labute approximate surface area is 309 Å². The molecule has 6 aromatic rings. The van der Waals surface area contributed by atoms with Gasteiger partial charge in [-0.3, -0.25) is 4.79 Å². The van der Waals surface area contributed by atoms with Crippen LogP contribution in [0.1, 0.15) is 40.3 Å². The molecular formula is C44H46O2P2Pd. The smallest absolute Gasteiger partial charge is 0.300 e. The van der Waals surface area contributed by atoms with Gasteiger partial charge < -0.3 is 5.11 Å². The Bertz CT molecular complexity index is 1610. The van der Waals surface area contributed by atoms with Gasteiger partial charge in [-0.15, -0.1) is 0 Å². The van der Waals surface area contributed by atoms with E-state index in [1.807, 2.05) is 0 Å². The molecule has 49 heavy (non-hydrogen) atoms. The summed E-state index contributed by atoms with van der Waals surface area (Å²) in [7, 11) is -1.02. The van der Waals surface area contributed by atoms with Gasteiger partial charge in [0.15, 0.2) is 0 Å². The predicted octanol–water partition coefficient (Wildman–Crippen LogP) is 8.83. The number of rotatable bonds is 6. The third-order valence-corrected chi connectivity index (χ3v) is 14.0. The Balaban J connectivity index is 0.000000235. The summed E-state index contributed by atoms with van der Waals surface area (Å²) in [6.45, 7) is 14.4. The number of carboxylic acid groups (broad SMARTS) is 1. The van der Waals surface area contributed by atoms with Gasteiger partial charge in [0.25, 0.3) is 5.97 Å². The second-order valence-electron chi connectivity index (χ2n) is 11.9. The first-order valence-electron chi connectivity index (χ1n) is 16.2. The molecule has 2 nitrogen and oxygen atoms in total. The van der Waals surface area contributed by atoms with Gasteiger partial charge in [-0.05, 0) is 123 Å². The number of carbonyl (C=O) groups is 1. The molecule has 0 bridgehead atoms. The number of aryl methyl sites for hydroxylation is 6. The molecule has 0 amide bonds. The molecule has 0 radical (unpaired) electrons. The molecule has 0 aromatic heterocycles. The van der Waals surface area contributed by atoms with Crippen molar-refractivity contribution >= 4 is 53.6 Å². The van der Waals surface area contributed by atoms with E-state index in [2.05, 4.69) is 187 Å². The van der Waals surface area contributed by atoms with Crippen LogP contribution in [-0.4, -0.2) is 11.1 Å². The summed E-state index contributed by atoms with van der Waals surface area (Å²) in [5.74, 6) is -0.833. The molecule has 1 N–H and O–H groups in total. The first-order chi connectivity index (χ1) is 23.1. The van der Waals surface area contributed by atoms with Crippen molar-refractivity contribution < 1.29 is 30.3 Å². The Hall–Kier alpha value is -3.69. The largest absolute Gasteiger partial charge is 0.481 e. The van der Waals surface area contributed by atoms with E-state index in [1.165, 1.54) is 65.2 Å². The summed E-state index contributed by atoms with van der Waals surface area (Å²) in [5.41, 5.74) is 8.25. The molecule has 0 heterocycles. The molecule has 0 fully saturated rings. The van der Waals surface area contributed by atoms with Crippen LogP contribution in [0, 0.1) is 41.5 Å². The molecule has 0 saturated carbocycles. The minimum atomic E-state index is -0.833. The minimum absolute atomic E-state index is 0. The quantitative estimate of drug-likeness (QED) is 0.136. The summed E-state index contributed by atoms with van der Waals surface area (Å²) in [4.78, 5) is 9.00. The van der Waals surface area contributed by atoms with Gasteiger partial charge >= 0.3 is 0 Å². The summed E-state index contributed by atoms with van der Waals surface area (Å²) in [6, 6.07) is 52.8. The molecular weight excluding hydrogens is 729 g/mol. The molecule has 0 aliphatic heterocycles. The van der Waals surface area contributed by atoms with E-state index in [0.717, 1.165) is 6.92 Å². The molecule has 0 atom stereocenters. The fourth-order valence-corrected chi connectivity index (χ4v) is 11.2. The van der Waals surface area contributed by atoms with Crippen LogP contribution in [0.2, 0.25) is 0 Å². The number of hydrogen-bond donors (Lipinski definition) is 1. The van der Waals surface area contributed by atoms with E-state index in [4.69, 9.17) is 9.90 Å². The second kappa shape index (κ2) is 19.5. The Kier molecular flexibility index (Phi) is 15.8. The van der Waals surface area contributed by atoms with E-state index in [9.17, 15) is 0 Å². The normalized spacial score (nSPS) is 10.3. The standard InChI is InChI=1S/2C21H21P.C2H4O2.Pd/c2*1-16-10-4-7-13-19(16)22(20-14-8-5-11-17(20)2)21-15-9-6-12-18(21)3;1-2(3)4;/h2*4-15H,1-3H3;1H3,(H,3,4);. The first kappa shape index (κ1) is 39.7. The van der Waals surface area contributed by atoms with Crippen molar-refractivity contribution in [1.82, 2.24) is 0 Å². The van der Waals surface area contributed by atoms with Crippen LogP contribution in [0.4, 0.5) is 0 Å². The fraction of sp³-hybridized carbons (Fsp3) is 0.159. The Morgan fingerprint density at radius 3 is 0.612 bits per heavy atom. The average Bonchev–Trinajstić information content (AvgIpc) is 3.06. The summed E-state index contributed by atoms with van der Waals surface area (Å²) in [6.07, 6.45) is 0. The maximum atomic E-state index is 9.00. The molecule has 0 spiro atoms. The predicted molar refractivity (Wildman–Crippen MR) is 212 cm³/mol. The van der Waals surface area contributed by atoms with Gasteiger partial charge in [-0.25, -0.2) is 0 Å². The van der Waals surface area contributed by atoms with Gasteiger partial charge in [0.2, 0.25) is 0 Å². The van der Waals surface area contributed by atoms with Gasteiger partial charge in [-0.2, -0.15) is 0 Å². The van der Waals surface area contributed by atoms with E-state index < -0.39 is 21.8 Å². The van der Waals surface area contributed by atoms with Crippen molar-refractivity contribution in [1.29, 1.82) is 0 Å². The van der Waals surface area contributed by atoms with E-state index >= 15 is 0 Å². The molecule has 0 aliphatic rings. The number of hydrogen-bond acceptors (Lipinski definition) is 1. The van der Waals surface area contributed by atoms with Gasteiger partial charge in [0.1, 0.15) is 0 Å². The van der Waals surface area contributed by atoms with Crippen molar-refractivity contribution in [2.24, 2.45) is 0 Å². The minimum Gasteiger partial charge on any atom is -0.481 e. The monoisotopic (exact) mass is 774 g/mol. The molecule has 6 rings (SSSR count). The zero-order valence-corrected chi connectivity index (χ0v) is 32.8. The maximum absolute atomic E-state index is 9.00. The van der Waals surface area contributed by atoms with Crippen molar-refractivity contribution in [2.75, 3.05) is 0 Å². The number of carboxylic acids is 1. The zero-order chi connectivity index (χ0) is 34.6. The van der Waals surface area contributed by atoms with Crippen LogP contribution in [0.15, 0.2) is 146 Å². The van der Waals surface area contributed by atoms with Crippen LogP contribution in [0.5, 0.6) is 0 Å². The second-order valence-corrected chi connectivity index (χ2v) is 16.1. The number of aliphatic carboxylic acids is 1.